The van der Waals surface area contributed by atoms with Crippen molar-refractivity contribution in [2.24, 2.45) is 0 Å². The normalized spacial score (nSPS) is 10.7. The first-order chi connectivity index (χ1) is 11.1. The van der Waals surface area contributed by atoms with Gasteiger partial charge >= 0.3 is 0 Å². The summed E-state index contributed by atoms with van der Waals surface area (Å²) in [4.78, 5) is 6.82. The van der Waals surface area contributed by atoms with Crippen LogP contribution in [-0.2, 0) is 0 Å². The van der Waals surface area contributed by atoms with E-state index in [-0.39, 0.29) is 0 Å². The van der Waals surface area contributed by atoms with Crippen molar-refractivity contribution >= 4 is 28.2 Å². The highest BCUT2D eigenvalue weighted by atomic mass is 32.2. The Morgan fingerprint density at radius 2 is 1.70 bits per heavy atom. The van der Waals surface area contributed by atoms with Gasteiger partial charge in [-0.3, -0.25) is 0 Å². The van der Waals surface area contributed by atoms with Crippen molar-refractivity contribution in [2.45, 2.75) is 23.6 Å². The molecule has 0 atom stereocenters. The molecule has 0 fully saturated rings. The maximum atomic E-state index is 5.76. The van der Waals surface area contributed by atoms with Gasteiger partial charge in [0.05, 0.1) is 12.8 Å². The number of nitrogens with zero attached hydrogens (tertiary/aromatic N) is 1. The highest BCUT2D eigenvalue weighted by molar-refractivity contribution is 7.99. The molecule has 0 amide bonds. The summed E-state index contributed by atoms with van der Waals surface area (Å²) in [6, 6.07) is 12.5. The summed E-state index contributed by atoms with van der Waals surface area (Å²) in [7, 11) is 1.68. The molecule has 0 aliphatic carbocycles. The van der Waals surface area contributed by atoms with Gasteiger partial charge in [0.15, 0.2) is 5.13 Å². The number of rotatable bonds is 4. The van der Waals surface area contributed by atoms with Crippen LogP contribution in [0.25, 0.3) is 11.3 Å². The van der Waals surface area contributed by atoms with Crippen LogP contribution in [-0.4, -0.2) is 12.1 Å². The molecule has 0 saturated carbocycles. The third-order valence-corrected chi connectivity index (χ3v) is 5.23. The van der Waals surface area contributed by atoms with E-state index in [1.807, 2.05) is 17.5 Å². The zero-order valence-electron chi connectivity index (χ0n) is 13.3. The molecule has 3 rings (SSSR count). The first-order valence-corrected chi connectivity index (χ1v) is 8.91. The fraction of sp³-hybridized carbons (Fsp3) is 0.167. The Morgan fingerprint density at radius 1 is 1.04 bits per heavy atom. The lowest BCUT2D eigenvalue weighted by atomic mass is 10.0. The lowest BCUT2D eigenvalue weighted by Crippen LogP contribution is -1.91. The van der Waals surface area contributed by atoms with E-state index in [0.29, 0.717) is 5.13 Å². The number of thiazole rings is 1. The Kier molecular flexibility index (Phi) is 4.59. The number of hydrogen-bond acceptors (Lipinski definition) is 5. The molecule has 0 spiro atoms. The number of methoxy groups -OCH3 is 1. The topological polar surface area (TPSA) is 48.1 Å². The SMILES string of the molecule is COc1ccc(Sc2cc(C)c(-c3csc(N)n3)c(C)c2)cc1. The minimum absolute atomic E-state index is 0.607. The van der Waals surface area contributed by atoms with Crippen molar-refractivity contribution in [1.29, 1.82) is 0 Å². The van der Waals surface area contributed by atoms with Crippen molar-refractivity contribution in [3.63, 3.8) is 0 Å². The maximum absolute atomic E-state index is 5.76. The van der Waals surface area contributed by atoms with Crippen LogP contribution in [0.5, 0.6) is 5.75 Å². The van der Waals surface area contributed by atoms with Crippen LogP contribution in [0.3, 0.4) is 0 Å². The molecule has 23 heavy (non-hydrogen) atoms. The number of benzene rings is 2. The molecule has 0 bridgehead atoms. The van der Waals surface area contributed by atoms with Gasteiger partial charge in [-0.2, -0.15) is 0 Å². The smallest absolute Gasteiger partial charge is 0.180 e. The molecule has 2 aromatic carbocycles. The van der Waals surface area contributed by atoms with Crippen molar-refractivity contribution in [3.8, 4) is 17.0 Å². The number of aromatic nitrogens is 1. The minimum Gasteiger partial charge on any atom is -0.497 e. The van der Waals surface area contributed by atoms with E-state index < -0.39 is 0 Å². The van der Waals surface area contributed by atoms with Gasteiger partial charge in [-0.25, -0.2) is 4.98 Å². The molecular formula is C18H18N2OS2. The monoisotopic (exact) mass is 342 g/mol. The van der Waals surface area contributed by atoms with E-state index in [9.17, 15) is 0 Å². The Labute approximate surface area is 144 Å². The third kappa shape index (κ3) is 3.51. The molecular weight excluding hydrogens is 324 g/mol. The quantitative estimate of drug-likeness (QED) is 0.710. The van der Waals surface area contributed by atoms with E-state index in [4.69, 9.17) is 10.5 Å². The summed E-state index contributed by atoms with van der Waals surface area (Å²) >= 11 is 3.22. The van der Waals surface area contributed by atoms with Crippen LogP contribution >= 0.6 is 23.1 Å². The van der Waals surface area contributed by atoms with Crippen LogP contribution in [0.2, 0.25) is 0 Å². The first kappa shape index (κ1) is 15.9. The molecule has 2 N–H and O–H groups in total. The van der Waals surface area contributed by atoms with E-state index in [2.05, 4.69) is 43.1 Å². The molecule has 5 heteroatoms. The van der Waals surface area contributed by atoms with E-state index in [1.165, 1.54) is 37.8 Å². The second kappa shape index (κ2) is 6.64. The molecule has 3 nitrogen and oxygen atoms in total. The Hall–Kier alpha value is -1.98. The summed E-state index contributed by atoms with van der Waals surface area (Å²) in [5, 5.41) is 2.62. The Balaban J connectivity index is 1.89. The highest BCUT2D eigenvalue weighted by Gasteiger charge is 2.11. The van der Waals surface area contributed by atoms with E-state index >= 15 is 0 Å². The van der Waals surface area contributed by atoms with E-state index in [1.54, 1.807) is 18.9 Å². The van der Waals surface area contributed by atoms with Crippen molar-refractivity contribution in [3.05, 3.63) is 52.9 Å². The molecule has 0 radical (unpaired) electrons. The fourth-order valence-corrected chi connectivity index (χ4v) is 4.14. The van der Waals surface area contributed by atoms with Crippen LogP contribution < -0.4 is 10.5 Å². The van der Waals surface area contributed by atoms with Crippen LogP contribution in [0.4, 0.5) is 5.13 Å². The zero-order chi connectivity index (χ0) is 16.4. The molecule has 3 aromatic rings. The van der Waals surface area contributed by atoms with Gasteiger partial charge in [-0.15, -0.1) is 11.3 Å². The number of anilines is 1. The summed E-state index contributed by atoms with van der Waals surface area (Å²) < 4.78 is 5.20. The molecule has 1 aromatic heterocycles. The molecule has 1 heterocycles. The second-order valence-corrected chi connectivity index (χ2v) is 7.32. The molecule has 0 saturated heterocycles. The summed E-state index contributed by atoms with van der Waals surface area (Å²) in [5.41, 5.74) is 10.3. The number of hydrogen-bond donors (Lipinski definition) is 1. The van der Waals surface area contributed by atoms with Crippen molar-refractivity contribution < 1.29 is 4.74 Å². The van der Waals surface area contributed by atoms with Gasteiger partial charge in [-0.05, 0) is 61.4 Å². The second-order valence-electron chi connectivity index (χ2n) is 5.28. The highest BCUT2D eigenvalue weighted by Crippen LogP contribution is 2.35. The largest absolute Gasteiger partial charge is 0.497 e. The maximum Gasteiger partial charge on any atom is 0.180 e. The molecule has 0 aliphatic rings. The van der Waals surface area contributed by atoms with Crippen molar-refractivity contribution in [1.82, 2.24) is 4.98 Å². The summed E-state index contributed by atoms with van der Waals surface area (Å²) in [6.45, 7) is 4.24. The standard InChI is InChI=1S/C18H18N2OS2/c1-11-8-15(23-14-6-4-13(21-3)5-7-14)9-12(2)17(11)16-10-22-18(19)20-16/h4-10H,1-3H3,(H2,19,20). The number of nitrogen functional groups attached to an aromatic ring is 1. The molecule has 0 aliphatic heterocycles. The Morgan fingerprint density at radius 3 is 2.22 bits per heavy atom. The predicted octanol–water partition coefficient (Wildman–Crippen LogP) is 5.17. The third-order valence-electron chi connectivity index (χ3n) is 3.58. The van der Waals surface area contributed by atoms with Gasteiger partial charge in [-0.1, -0.05) is 11.8 Å². The van der Waals surface area contributed by atoms with Gasteiger partial charge < -0.3 is 10.5 Å². The summed E-state index contributed by atoms with van der Waals surface area (Å²) in [5.74, 6) is 0.873. The van der Waals surface area contributed by atoms with Gasteiger partial charge in [0.2, 0.25) is 0 Å². The lowest BCUT2D eigenvalue weighted by Gasteiger charge is -2.11. The van der Waals surface area contributed by atoms with Gasteiger partial charge in [0.1, 0.15) is 5.75 Å². The average molecular weight is 342 g/mol. The fourth-order valence-electron chi connectivity index (χ4n) is 2.57. The number of ether oxygens (including phenoxy) is 1. The number of nitrogens with two attached hydrogens (primary N) is 1. The molecule has 118 valence electrons. The predicted molar refractivity (Wildman–Crippen MR) is 98.6 cm³/mol. The minimum atomic E-state index is 0.607. The number of aryl methyl sites for hydroxylation is 2. The van der Waals surface area contributed by atoms with Crippen molar-refractivity contribution in [2.75, 3.05) is 12.8 Å². The Bertz CT molecular complexity index is 802. The molecule has 0 unspecified atom stereocenters. The average Bonchev–Trinajstić information content (AvgIpc) is 2.93. The van der Waals surface area contributed by atoms with Crippen LogP contribution in [0.15, 0.2) is 51.6 Å². The van der Waals surface area contributed by atoms with E-state index in [0.717, 1.165) is 11.4 Å². The van der Waals surface area contributed by atoms with Gasteiger partial charge in [0, 0.05) is 20.7 Å². The van der Waals surface area contributed by atoms with Gasteiger partial charge in [0.25, 0.3) is 0 Å². The van der Waals surface area contributed by atoms with Crippen LogP contribution in [0, 0.1) is 13.8 Å². The zero-order valence-corrected chi connectivity index (χ0v) is 14.9. The first-order valence-electron chi connectivity index (χ1n) is 7.21. The van der Waals surface area contributed by atoms with Crippen LogP contribution in [0.1, 0.15) is 11.1 Å². The summed E-state index contributed by atoms with van der Waals surface area (Å²) in [6.07, 6.45) is 0. The lowest BCUT2D eigenvalue weighted by molar-refractivity contribution is 0.414.